The number of methoxy groups -OCH3 is 1. The summed E-state index contributed by atoms with van der Waals surface area (Å²) >= 11 is 1.68. The van der Waals surface area contributed by atoms with Gasteiger partial charge in [-0.2, -0.15) is 11.8 Å². The molecule has 0 radical (unpaired) electrons. The second-order valence-electron chi connectivity index (χ2n) is 4.22. The van der Waals surface area contributed by atoms with Crippen LogP contribution < -0.4 is 10.3 Å². The van der Waals surface area contributed by atoms with Gasteiger partial charge in [-0.3, -0.25) is 4.79 Å². The van der Waals surface area contributed by atoms with Crippen LogP contribution in [0.25, 0.3) is 11.4 Å². The number of nitrogens with zero attached hydrogens (tertiary/aromatic N) is 1. The van der Waals surface area contributed by atoms with Gasteiger partial charge in [-0.1, -0.05) is 0 Å². The molecule has 0 spiro atoms. The lowest BCUT2D eigenvalue weighted by Gasteiger charge is -2.07. The zero-order chi connectivity index (χ0) is 13.4. The lowest BCUT2D eigenvalue weighted by molar-refractivity contribution is 0.373. The van der Waals surface area contributed by atoms with Crippen LogP contribution in [0.15, 0.2) is 23.0 Å². The van der Waals surface area contributed by atoms with Crippen molar-refractivity contribution in [1.82, 2.24) is 9.97 Å². The molecule has 0 saturated carbocycles. The van der Waals surface area contributed by atoms with Crippen molar-refractivity contribution >= 4 is 11.8 Å². The summed E-state index contributed by atoms with van der Waals surface area (Å²) in [6.45, 7) is 0. The molecule has 2 aromatic rings. The minimum Gasteiger partial charge on any atom is -0.504 e. The molecule has 19 heavy (non-hydrogen) atoms. The number of phenolic OH excluding ortho intramolecular Hbond substituents is 1. The third-order valence-corrected chi connectivity index (χ3v) is 4.01. The number of thioether (sulfide) groups is 1. The van der Waals surface area contributed by atoms with Crippen molar-refractivity contribution in [3.63, 3.8) is 0 Å². The van der Waals surface area contributed by atoms with Gasteiger partial charge in [-0.15, -0.1) is 0 Å². The van der Waals surface area contributed by atoms with Crippen molar-refractivity contribution in [2.75, 3.05) is 7.11 Å². The number of aromatic hydroxyl groups is 1. The second-order valence-corrected chi connectivity index (χ2v) is 5.20. The van der Waals surface area contributed by atoms with Gasteiger partial charge in [0.15, 0.2) is 11.5 Å². The van der Waals surface area contributed by atoms with Gasteiger partial charge in [0.2, 0.25) is 0 Å². The molecule has 0 amide bonds. The standard InChI is InChI=1S/C13H12N2O3S/c1-18-11-4-7(2-3-10(11)16)12-14-9-6-19-5-8(9)13(17)15-12/h2-4,16H,5-6H2,1H3,(H,14,15,17). The van der Waals surface area contributed by atoms with Crippen LogP contribution in [-0.4, -0.2) is 22.2 Å². The summed E-state index contributed by atoms with van der Waals surface area (Å²) < 4.78 is 5.06. The predicted octanol–water partition coefficient (Wildman–Crippen LogP) is 1.90. The number of H-pyrrole nitrogens is 1. The van der Waals surface area contributed by atoms with Crippen LogP contribution in [0.5, 0.6) is 11.5 Å². The normalized spacial score (nSPS) is 13.3. The Labute approximate surface area is 113 Å². The smallest absolute Gasteiger partial charge is 0.255 e. The molecule has 98 valence electrons. The van der Waals surface area contributed by atoms with E-state index in [0.29, 0.717) is 17.1 Å². The van der Waals surface area contributed by atoms with E-state index in [1.165, 1.54) is 13.2 Å². The zero-order valence-electron chi connectivity index (χ0n) is 10.3. The van der Waals surface area contributed by atoms with E-state index in [9.17, 15) is 9.90 Å². The van der Waals surface area contributed by atoms with E-state index in [-0.39, 0.29) is 11.3 Å². The second kappa shape index (κ2) is 4.62. The molecule has 0 bridgehead atoms. The van der Waals surface area contributed by atoms with Crippen LogP contribution in [0.1, 0.15) is 11.3 Å². The molecular weight excluding hydrogens is 264 g/mol. The molecule has 0 unspecified atom stereocenters. The molecule has 0 saturated heterocycles. The van der Waals surface area contributed by atoms with E-state index in [2.05, 4.69) is 9.97 Å². The van der Waals surface area contributed by atoms with Crippen molar-refractivity contribution in [2.45, 2.75) is 11.5 Å². The molecule has 6 heteroatoms. The average molecular weight is 276 g/mol. The summed E-state index contributed by atoms with van der Waals surface area (Å²) in [6.07, 6.45) is 0. The minimum atomic E-state index is -0.0861. The quantitative estimate of drug-likeness (QED) is 0.876. The first-order valence-corrected chi connectivity index (χ1v) is 6.91. The number of aromatic amines is 1. The Hall–Kier alpha value is -1.95. The molecule has 1 aliphatic rings. The van der Waals surface area contributed by atoms with Gasteiger partial charge in [0, 0.05) is 22.6 Å². The van der Waals surface area contributed by atoms with E-state index in [0.717, 1.165) is 22.8 Å². The van der Waals surface area contributed by atoms with E-state index in [1.54, 1.807) is 23.9 Å². The minimum absolute atomic E-state index is 0.0605. The average Bonchev–Trinajstić information content (AvgIpc) is 2.88. The Morgan fingerprint density at radius 3 is 3.05 bits per heavy atom. The molecule has 2 heterocycles. The Morgan fingerprint density at radius 1 is 1.42 bits per heavy atom. The van der Waals surface area contributed by atoms with Crippen molar-refractivity contribution in [1.29, 1.82) is 0 Å². The van der Waals surface area contributed by atoms with E-state index in [1.807, 2.05) is 0 Å². The number of phenols is 1. The Morgan fingerprint density at radius 2 is 2.26 bits per heavy atom. The number of nitrogens with one attached hydrogen (secondary N) is 1. The Kier molecular flexibility index (Phi) is 2.94. The van der Waals surface area contributed by atoms with Crippen LogP contribution in [0.4, 0.5) is 0 Å². The summed E-state index contributed by atoms with van der Waals surface area (Å²) in [7, 11) is 1.48. The molecule has 3 rings (SSSR count). The summed E-state index contributed by atoms with van der Waals surface area (Å²) in [6, 6.07) is 4.88. The van der Waals surface area contributed by atoms with Crippen LogP contribution >= 0.6 is 11.8 Å². The maximum atomic E-state index is 11.9. The van der Waals surface area contributed by atoms with Gasteiger partial charge in [-0.25, -0.2) is 4.98 Å². The summed E-state index contributed by atoms with van der Waals surface area (Å²) in [5, 5.41) is 9.57. The number of hydrogen-bond acceptors (Lipinski definition) is 5. The monoisotopic (exact) mass is 276 g/mol. The van der Waals surface area contributed by atoms with Crippen LogP contribution in [-0.2, 0) is 11.5 Å². The third kappa shape index (κ3) is 2.08. The van der Waals surface area contributed by atoms with E-state index < -0.39 is 0 Å². The SMILES string of the molecule is COc1cc(-c2nc3c(c(=O)[nH]2)CSC3)ccc1O. The number of fused-ring (bicyclic) bond motifs is 1. The van der Waals surface area contributed by atoms with Gasteiger partial charge in [0.1, 0.15) is 5.82 Å². The van der Waals surface area contributed by atoms with Crippen LogP contribution in [0.2, 0.25) is 0 Å². The molecule has 1 aromatic heterocycles. The largest absolute Gasteiger partial charge is 0.504 e. The topological polar surface area (TPSA) is 75.2 Å². The fourth-order valence-electron chi connectivity index (χ4n) is 2.02. The van der Waals surface area contributed by atoms with Crippen molar-refractivity contribution in [3.8, 4) is 22.9 Å². The van der Waals surface area contributed by atoms with Crippen molar-refractivity contribution < 1.29 is 9.84 Å². The Balaban J connectivity index is 2.12. The van der Waals surface area contributed by atoms with Gasteiger partial charge in [0.05, 0.1) is 12.8 Å². The highest BCUT2D eigenvalue weighted by Crippen LogP contribution is 2.31. The molecule has 0 atom stereocenters. The lowest BCUT2D eigenvalue weighted by Crippen LogP contribution is -2.15. The van der Waals surface area contributed by atoms with Crippen molar-refractivity contribution in [2.24, 2.45) is 0 Å². The fraction of sp³-hybridized carbons (Fsp3) is 0.231. The maximum Gasteiger partial charge on any atom is 0.255 e. The van der Waals surface area contributed by atoms with Crippen molar-refractivity contribution in [3.05, 3.63) is 39.8 Å². The fourth-order valence-corrected chi connectivity index (χ4v) is 3.06. The summed E-state index contributed by atoms with van der Waals surface area (Å²) in [5.74, 6) is 2.41. The number of aromatic nitrogens is 2. The van der Waals surface area contributed by atoms with E-state index in [4.69, 9.17) is 4.74 Å². The van der Waals surface area contributed by atoms with Gasteiger partial charge in [-0.05, 0) is 18.2 Å². The van der Waals surface area contributed by atoms with E-state index >= 15 is 0 Å². The number of hydrogen-bond donors (Lipinski definition) is 2. The molecule has 0 aliphatic carbocycles. The molecule has 1 aromatic carbocycles. The third-order valence-electron chi connectivity index (χ3n) is 3.04. The van der Waals surface area contributed by atoms with Gasteiger partial charge >= 0.3 is 0 Å². The highest BCUT2D eigenvalue weighted by atomic mass is 32.2. The zero-order valence-corrected chi connectivity index (χ0v) is 11.1. The number of ether oxygens (including phenoxy) is 1. The predicted molar refractivity (Wildman–Crippen MR) is 73.5 cm³/mol. The highest BCUT2D eigenvalue weighted by Gasteiger charge is 2.18. The molecule has 1 aliphatic heterocycles. The maximum absolute atomic E-state index is 11.9. The first-order chi connectivity index (χ1) is 9.19. The number of rotatable bonds is 2. The first-order valence-electron chi connectivity index (χ1n) is 5.76. The molecule has 5 nitrogen and oxygen atoms in total. The van der Waals surface area contributed by atoms with Gasteiger partial charge < -0.3 is 14.8 Å². The summed E-state index contributed by atoms with van der Waals surface area (Å²) in [4.78, 5) is 19.2. The van der Waals surface area contributed by atoms with Crippen LogP contribution in [0.3, 0.4) is 0 Å². The first kappa shape index (κ1) is 12.1. The van der Waals surface area contributed by atoms with Crippen LogP contribution in [0, 0.1) is 0 Å². The summed E-state index contributed by atoms with van der Waals surface area (Å²) in [5.41, 5.74) is 2.23. The highest BCUT2D eigenvalue weighted by molar-refractivity contribution is 7.98. The molecular formula is C13H12N2O3S. The lowest BCUT2D eigenvalue weighted by atomic mass is 10.1. The van der Waals surface area contributed by atoms with Gasteiger partial charge in [0.25, 0.3) is 5.56 Å². The Bertz CT molecular complexity index is 697. The molecule has 0 fully saturated rings. The molecule has 2 N–H and O–H groups in total. The number of benzene rings is 1.